The van der Waals surface area contributed by atoms with Gasteiger partial charge in [0, 0.05) is 17.8 Å². The minimum Gasteiger partial charge on any atom is -0.376 e. The Bertz CT molecular complexity index is 281. The molecule has 78 valence electrons. The van der Waals surface area contributed by atoms with E-state index in [1.165, 1.54) is 4.88 Å². The molecule has 1 aromatic heterocycles. The standard InChI is InChI=1S/C10H16N2OS/c1-8-10(14-7-12-8)3-5-13-9-2-4-11-6-9/h7,9,11H,2-6H2,1H3/t9-/m1/s1. The highest BCUT2D eigenvalue weighted by Gasteiger charge is 2.14. The highest BCUT2D eigenvalue weighted by molar-refractivity contribution is 7.09. The number of thiazole rings is 1. The van der Waals surface area contributed by atoms with Crippen molar-refractivity contribution in [1.82, 2.24) is 10.3 Å². The van der Waals surface area contributed by atoms with E-state index in [4.69, 9.17) is 4.74 Å². The number of nitrogens with zero attached hydrogens (tertiary/aromatic N) is 1. The molecule has 0 aliphatic carbocycles. The summed E-state index contributed by atoms with van der Waals surface area (Å²) < 4.78 is 5.75. The van der Waals surface area contributed by atoms with Crippen LogP contribution in [0.1, 0.15) is 17.0 Å². The Balaban J connectivity index is 1.70. The molecule has 1 atom stereocenters. The maximum absolute atomic E-state index is 5.75. The summed E-state index contributed by atoms with van der Waals surface area (Å²) in [5.74, 6) is 0. The van der Waals surface area contributed by atoms with Crippen LogP contribution in [0, 0.1) is 6.92 Å². The molecule has 1 aliphatic rings. The van der Waals surface area contributed by atoms with Gasteiger partial charge in [0.15, 0.2) is 0 Å². The van der Waals surface area contributed by atoms with E-state index in [1.54, 1.807) is 11.3 Å². The molecule has 1 fully saturated rings. The van der Waals surface area contributed by atoms with Crippen LogP contribution in [0.4, 0.5) is 0 Å². The van der Waals surface area contributed by atoms with Gasteiger partial charge in [0.2, 0.25) is 0 Å². The normalized spacial score (nSPS) is 21.6. The molecule has 2 rings (SSSR count). The predicted molar refractivity (Wildman–Crippen MR) is 57.8 cm³/mol. The van der Waals surface area contributed by atoms with E-state index in [0.717, 1.165) is 38.2 Å². The van der Waals surface area contributed by atoms with E-state index in [1.807, 2.05) is 5.51 Å². The molecule has 3 nitrogen and oxygen atoms in total. The highest BCUT2D eigenvalue weighted by atomic mass is 32.1. The van der Waals surface area contributed by atoms with E-state index in [2.05, 4.69) is 17.2 Å². The van der Waals surface area contributed by atoms with Gasteiger partial charge in [-0.2, -0.15) is 0 Å². The lowest BCUT2D eigenvalue weighted by Crippen LogP contribution is -2.17. The second-order valence-corrected chi connectivity index (χ2v) is 4.54. The number of ether oxygens (including phenoxy) is 1. The number of hydrogen-bond acceptors (Lipinski definition) is 4. The average molecular weight is 212 g/mol. The van der Waals surface area contributed by atoms with Crippen LogP contribution < -0.4 is 5.32 Å². The first-order valence-corrected chi connectivity index (χ1v) is 5.95. The number of nitrogens with one attached hydrogen (secondary N) is 1. The van der Waals surface area contributed by atoms with Crippen molar-refractivity contribution in [3.05, 3.63) is 16.1 Å². The van der Waals surface area contributed by atoms with Crippen LogP contribution in [-0.4, -0.2) is 30.8 Å². The van der Waals surface area contributed by atoms with Gasteiger partial charge >= 0.3 is 0 Å². The second-order valence-electron chi connectivity index (χ2n) is 3.60. The number of aromatic nitrogens is 1. The molecule has 0 spiro atoms. The van der Waals surface area contributed by atoms with Crippen molar-refractivity contribution < 1.29 is 4.74 Å². The Hall–Kier alpha value is -0.450. The lowest BCUT2D eigenvalue weighted by molar-refractivity contribution is 0.0697. The van der Waals surface area contributed by atoms with Gasteiger partial charge < -0.3 is 10.1 Å². The lowest BCUT2D eigenvalue weighted by Gasteiger charge is -2.09. The SMILES string of the molecule is Cc1ncsc1CCO[C@@H]1CCNC1. The fourth-order valence-corrected chi connectivity index (χ4v) is 2.42. The van der Waals surface area contributed by atoms with E-state index >= 15 is 0 Å². The van der Waals surface area contributed by atoms with Crippen molar-refractivity contribution in [3.63, 3.8) is 0 Å². The monoisotopic (exact) mass is 212 g/mol. The third-order valence-electron chi connectivity index (χ3n) is 2.54. The molecular weight excluding hydrogens is 196 g/mol. The maximum atomic E-state index is 5.75. The van der Waals surface area contributed by atoms with Crippen LogP contribution in [-0.2, 0) is 11.2 Å². The molecular formula is C10H16N2OS. The van der Waals surface area contributed by atoms with E-state index in [9.17, 15) is 0 Å². The van der Waals surface area contributed by atoms with Crippen LogP contribution in [0.2, 0.25) is 0 Å². The van der Waals surface area contributed by atoms with E-state index < -0.39 is 0 Å². The molecule has 1 aliphatic heterocycles. The van der Waals surface area contributed by atoms with Crippen LogP contribution in [0.3, 0.4) is 0 Å². The maximum Gasteiger partial charge on any atom is 0.0797 e. The van der Waals surface area contributed by atoms with Crippen molar-refractivity contribution in [2.75, 3.05) is 19.7 Å². The molecule has 2 heterocycles. The third kappa shape index (κ3) is 2.53. The quantitative estimate of drug-likeness (QED) is 0.818. The fraction of sp³-hybridized carbons (Fsp3) is 0.700. The number of rotatable bonds is 4. The van der Waals surface area contributed by atoms with Crippen LogP contribution in [0.5, 0.6) is 0 Å². The van der Waals surface area contributed by atoms with Gasteiger partial charge in [-0.1, -0.05) is 0 Å². The highest BCUT2D eigenvalue weighted by Crippen LogP contribution is 2.13. The van der Waals surface area contributed by atoms with E-state index in [-0.39, 0.29) is 0 Å². The Morgan fingerprint density at radius 2 is 2.64 bits per heavy atom. The van der Waals surface area contributed by atoms with Gasteiger partial charge in [-0.3, -0.25) is 0 Å². The average Bonchev–Trinajstić information content (AvgIpc) is 2.78. The summed E-state index contributed by atoms with van der Waals surface area (Å²) in [6, 6.07) is 0. The second kappa shape index (κ2) is 4.87. The van der Waals surface area contributed by atoms with Crippen molar-refractivity contribution in [1.29, 1.82) is 0 Å². The van der Waals surface area contributed by atoms with Crippen molar-refractivity contribution in [3.8, 4) is 0 Å². The summed E-state index contributed by atoms with van der Waals surface area (Å²) in [6.45, 7) is 5.00. The zero-order valence-corrected chi connectivity index (χ0v) is 9.27. The minimum absolute atomic E-state index is 0.434. The molecule has 0 unspecified atom stereocenters. The summed E-state index contributed by atoms with van der Waals surface area (Å²) in [5.41, 5.74) is 3.06. The van der Waals surface area contributed by atoms with Crippen molar-refractivity contribution >= 4 is 11.3 Å². The van der Waals surface area contributed by atoms with Crippen LogP contribution in [0.25, 0.3) is 0 Å². The first kappa shape index (κ1) is 10.1. The molecule has 14 heavy (non-hydrogen) atoms. The first-order valence-electron chi connectivity index (χ1n) is 5.07. The summed E-state index contributed by atoms with van der Waals surface area (Å²) in [5, 5.41) is 3.29. The van der Waals surface area contributed by atoms with Gasteiger partial charge in [0.25, 0.3) is 0 Å². The predicted octanol–water partition coefficient (Wildman–Crippen LogP) is 1.37. The van der Waals surface area contributed by atoms with Gasteiger partial charge in [0.1, 0.15) is 0 Å². The molecule has 0 saturated carbocycles. The Morgan fingerprint density at radius 3 is 3.29 bits per heavy atom. The zero-order chi connectivity index (χ0) is 9.80. The Labute approximate surface area is 88.5 Å². The van der Waals surface area contributed by atoms with Gasteiger partial charge in [-0.25, -0.2) is 4.98 Å². The minimum atomic E-state index is 0.434. The zero-order valence-electron chi connectivity index (χ0n) is 8.45. The first-order chi connectivity index (χ1) is 6.86. The largest absolute Gasteiger partial charge is 0.376 e. The summed E-state index contributed by atoms with van der Waals surface area (Å²) in [7, 11) is 0. The molecule has 0 amide bonds. The van der Waals surface area contributed by atoms with Gasteiger partial charge in [-0.05, 0) is 19.9 Å². The van der Waals surface area contributed by atoms with Crippen LogP contribution in [0.15, 0.2) is 5.51 Å². The molecule has 0 aromatic carbocycles. The van der Waals surface area contributed by atoms with Crippen LogP contribution >= 0.6 is 11.3 Å². The van der Waals surface area contributed by atoms with Gasteiger partial charge in [-0.15, -0.1) is 11.3 Å². The summed E-state index contributed by atoms with van der Waals surface area (Å²) in [4.78, 5) is 5.58. The molecule has 1 aromatic rings. The Kier molecular flexibility index (Phi) is 3.50. The molecule has 1 saturated heterocycles. The third-order valence-corrected chi connectivity index (χ3v) is 3.54. The van der Waals surface area contributed by atoms with Crippen molar-refractivity contribution in [2.45, 2.75) is 25.9 Å². The van der Waals surface area contributed by atoms with E-state index in [0.29, 0.717) is 6.10 Å². The Morgan fingerprint density at radius 1 is 1.71 bits per heavy atom. The molecule has 4 heteroatoms. The topological polar surface area (TPSA) is 34.1 Å². The van der Waals surface area contributed by atoms with Gasteiger partial charge in [0.05, 0.1) is 23.9 Å². The summed E-state index contributed by atoms with van der Waals surface area (Å²) in [6.07, 6.45) is 2.59. The number of aryl methyl sites for hydroxylation is 1. The lowest BCUT2D eigenvalue weighted by atomic mass is 10.3. The fourth-order valence-electron chi connectivity index (χ4n) is 1.65. The van der Waals surface area contributed by atoms with Crippen molar-refractivity contribution in [2.24, 2.45) is 0 Å². The number of hydrogen-bond donors (Lipinski definition) is 1. The smallest absolute Gasteiger partial charge is 0.0797 e. The molecule has 0 bridgehead atoms. The summed E-state index contributed by atoms with van der Waals surface area (Å²) >= 11 is 1.73. The molecule has 1 N–H and O–H groups in total. The molecule has 0 radical (unpaired) electrons.